The van der Waals surface area contributed by atoms with Crippen molar-refractivity contribution in [3.05, 3.63) is 111 Å². The molecule has 15 nitrogen and oxygen atoms in total. The van der Waals surface area contributed by atoms with Gasteiger partial charge in [-0.25, -0.2) is 14.4 Å². The Morgan fingerprint density at radius 3 is 2.00 bits per heavy atom. The number of phenolic OH excluding ortho intramolecular Hbond substituents is 1. The van der Waals surface area contributed by atoms with Crippen LogP contribution in [0.15, 0.2) is 89.6 Å². The first kappa shape index (κ1) is 48.0. The van der Waals surface area contributed by atoms with E-state index in [-0.39, 0.29) is 40.6 Å². The summed E-state index contributed by atoms with van der Waals surface area (Å²) in [6.45, 7) is 2.41. The lowest BCUT2D eigenvalue weighted by Crippen LogP contribution is -3.00. The third-order valence-corrected chi connectivity index (χ3v) is 12.7. The van der Waals surface area contributed by atoms with E-state index >= 15 is 0 Å². The number of morpholine rings is 1. The number of carbonyl (C=O) groups excluding carboxylic acids is 2. The second kappa shape index (κ2) is 21.2. The van der Waals surface area contributed by atoms with Gasteiger partial charge < -0.3 is 71.8 Å². The largest absolute Gasteiger partial charge is 1.00 e. The summed E-state index contributed by atoms with van der Waals surface area (Å²) in [5.74, 6) is -2.29. The summed E-state index contributed by atoms with van der Waals surface area (Å²) in [5.41, 5.74) is 0.351. The molecule has 7 atom stereocenters. The van der Waals surface area contributed by atoms with Gasteiger partial charge in [-0.05, 0) is 71.6 Å². The number of aliphatic carboxylic acids is 2. The quantitative estimate of drug-likeness (QED) is 0.0223. The maximum atomic E-state index is 13.1. The van der Waals surface area contributed by atoms with Crippen LogP contribution in [-0.4, -0.2) is 119 Å². The van der Waals surface area contributed by atoms with Gasteiger partial charge in [0.1, 0.15) is 41.9 Å². The average Bonchev–Trinajstić information content (AvgIpc) is 3.49. The van der Waals surface area contributed by atoms with E-state index < -0.39 is 29.6 Å². The minimum atomic E-state index is -1.72. The number of anilines is 1. The second-order valence-electron chi connectivity index (χ2n) is 14.9. The van der Waals surface area contributed by atoms with Crippen molar-refractivity contribution < 1.29 is 80.4 Å². The smallest absolute Gasteiger partial charge is 0.349 e. The molecule has 7 N–H and O–H groups in total. The Balaban J connectivity index is 0.000000222. The number of rotatable bonds is 15. The zero-order valence-electron chi connectivity index (χ0n) is 33.3. The highest BCUT2D eigenvalue weighted by molar-refractivity contribution is 7.12. The third kappa shape index (κ3) is 11.8. The molecule has 3 aliphatic rings. The van der Waals surface area contributed by atoms with E-state index in [9.17, 15) is 34.5 Å². The molecule has 5 heterocycles. The average molecular weight is 933 g/mol. The highest BCUT2D eigenvalue weighted by Gasteiger charge is 2.71. The van der Waals surface area contributed by atoms with Crippen molar-refractivity contribution in [2.24, 2.45) is 0 Å². The number of carboxylic acids is 2. The van der Waals surface area contributed by atoms with E-state index in [1.54, 1.807) is 31.4 Å². The summed E-state index contributed by atoms with van der Waals surface area (Å²) in [6.07, 6.45) is 3.73. The minimum Gasteiger partial charge on any atom is -1.00 e. The maximum absolute atomic E-state index is 13.1. The van der Waals surface area contributed by atoms with Gasteiger partial charge in [0.25, 0.3) is 0 Å². The number of nitrogens with zero attached hydrogens (tertiary/aromatic N) is 1. The van der Waals surface area contributed by atoms with Crippen LogP contribution < -0.4 is 32.4 Å². The molecular weight excluding hydrogens is 883 g/mol. The Hall–Kier alpha value is -4.66. The molecule has 3 fully saturated rings. The summed E-state index contributed by atoms with van der Waals surface area (Å²) < 4.78 is 17.8. The zero-order chi connectivity index (χ0) is 42.9. The van der Waals surface area contributed by atoms with E-state index in [0.29, 0.717) is 64.7 Å². The molecule has 3 aliphatic heterocycles. The molecule has 324 valence electrons. The van der Waals surface area contributed by atoms with Crippen LogP contribution in [-0.2, 0) is 40.7 Å². The molecule has 2 bridgehead atoms. The number of nitrogens with one attached hydrogen (secondary N) is 2. The molecule has 3 saturated heterocycles. The van der Waals surface area contributed by atoms with Crippen molar-refractivity contribution in [2.75, 3.05) is 33.1 Å². The molecule has 7 rings (SSSR count). The molecule has 0 aliphatic carbocycles. The van der Waals surface area contributed by atoms with Gasteiger partial charge in [-0.15, -0.1) is 22.7 Å². The van der Waals surface area contributed by atoms with Crippen molar-refractivity contribution >= 4 is 52.7 Å². The van der Waals surface area contributed by atoms with E-state index in [1.807, 2.05) is 54.1 Å². The first-order valence-corrected chi connectivity index (χ1v) is 20.6. The Kier molecular flexibility index (Phi) is 17.0. The van der Waals surface area contributed by atoms with E-state index in [4.69, 9.17) is 24.4 Å². The molecule has 1 amide bonds. The molecule has 60 heavy (non-hydrogen) atoms. The van der Waals surface area contributed by atoms with Crippen LogP contribution in [0.3, 0.4) is 0 Å². The van der Waals surface area contributed by atoms with Crippen molar-refractivity contribution in [2.45, 2.75) is 74.3 Å². The first-order valence-electron chi connectivity index (χ1n) is 18.8. The number of piperidine rings is 1. The fourth-order valence-electron chi connectivity index (χ4n) is 7.53. The molecule has 2 aromatic heterocycles. The van der Waals surface area contributed by atoms with Crippen LogP contribution >= 0.6 is 22.7 Å². The number of amides is 1. The van der Waals surface area contributed by atoms with Gasteiger partial charge in [0, 0.05) is 37.6 Å². The number of fused-ring (bicyclic) bond motifs is 5. The van der Waals surface area contributed by atoms with Crippen LogP contribution in [0, 0.1) is 0 Å². The van der Waals surface area contributed by atoms with E-state index in [0.717, 1.165) is 29.5 Å². The lowest BCUT2D eigenvalue weighted by Gasteiger charge is -2.45. The van der Waals surface area contributed by atoms with Crippen molar-refractivity contribution in [1.29, 1.82) is 0 Å². The molecule has 0 spiro atoms. The Labute approximate surface area is 366 Å². The summed E-state index contributed by atoms with van der Waals surface area (Å²) in [7, 11) is 6.13. The fourth-order valence-corrected chi connectivity index (χ4v) is 9.24. The number of phenols is 1. The van der Waals surface area contributed by atoms with E-state index in [1.165, 1.54) is 34.3 Å². The molecular formula is C42H50BrN3O12S2. The number of methoxy groups -OCH3 is 1. The number of epoxide rings is 1. The third-order valence-electron chi connectivity index (χ3n) is 10.7. The number of benzene rings is 2. The van der Waals surface area contributed by atoms with Crippen LogP contribution in [0.2, 0.25) is 0 Å². The predicted octanol–water partition coefficient (Wildman–Crippen LogP) is 1.28. The number of quaternary nitrogens is 1. The number of aliphatic hydroxyl groups is 2. The fraction of sp³-hybridized carbons (Fsp3) is 0.381. The normalized spacial score (nSPS) is 21.6. The van der Waals surface area contributed by atoms with Crippen LogP contribution in [0.1, 0.15) is 46.8 Å². The monoisotopic (exact) mass is 931 g/mol. The predicted molar refractivity (Wildman–Crippen MR) is 220 cm³/mol. The number of hydrogen-bond donors (Lipinski definition) is 7. The number of ether oxygens (including phenoxy) is 3. The number of halogens is 1. The van der Waals surface area contributed by atoms with Gasteiger partial charge in [-0.2, -0.15) is 0 Å². The van der Waals surface area contributed by atoms with Gasteiger partial charge in [-0.3, -0.25) is 4.79 Å². The number of likely N-dealkylation sites (N-methyl/N-ethyl adjacent to an activating group) is 1. The SMILES string of the molecule is COc1ccc(C[C@@H](C)NC[C@H](O)c2ccc(O)c(NC=O)c2)cc1.C[N+]1(C)[C@@H]2C[C@@H](OC(=O)C(O)(c3cccs3)c3cccs3)C[C@H]1[C@@H]1O[C@@H]12.O=C(O)/C=C/C(=O)O.[Br-]. The molecule has 0 saturated carbocycles. The standard InChI is InChI=1S/C19H24N2O4.C19H22NO4S2.C4H4O4.BrH/c1-13(9-14-3-6-16(25-2)7-4-14)20-11-19(24)15-5-8-18(23)17(10-15)21-12-22;1-20(2)12-9-11(10-13(20)17-16(12)24-17)23-18(21)19(22,14-5-3-7-25-14)15-6-4-8-26-15;5-3(6)1-2-4(7)8;/h3-8,10,12-13,19-20,23-24H,9,11H2,1-2H3,(H,21,22);3-8,11-13,16-17,22H,9-10H2,1-2H3;1-2H,(H,5,6)(H,7,8);1H/q;+1;;/p-1/b;;2-1+;/t13-,19+;11-,12-,13+,16-,17+;;/m1.../s1. The van der Waals surface area contributed by atoms with Crippen LogP contribution in [0.5, 0.6) is 11.5 Å². The first-order chi connectivity index (χ1) is 28.1. The van der Waals surface area contributed by atoms with E-state index in [2.05, 4.69) is 24.7 Å². The van der Waals surface area contributed by atoms with Crippen molar-refractivity contribution in [3.63, 3.8) is 0 Å². The van der Waals surface area contributed by atoms with Crippen LogP contribution in [0.4, 0.5) is 5.69 Å². The number of carboxylic acid groups (broad SMARTS) is 2. The summed E-state index contributed by atoms with van der Waals surface area (Å²) in [4.78, 5) is 44.0. The van der Waals surface area contributed by atoms with Gasteiger partial charge in [0.2, 0.25) is 12.0 Å². The number of hydrogen-bond acceptors (Lipinski definition) is 13. The van der Waals surface area contributed by atoms with Crippen molar-refractivity contribution in [1.82, 2.24) is 5.32 Å². The highest BCUT2D eigenvalue weighted by atomic mass is 79.9. The van der Waals surface area contributed by atoms with Gasteiger partial charge >= 0.3 is 17.9 Å². The summed E-state index contributed by atoms with van der Waals surface area (Å²) in [5, 5.41) is 56.4. The lowest BCUT2D eigenvalue weighted by molar-refractivity contribution is -0.938. The van der Waals surface area contributed by atoms with Crippen molar-refractivity contribution in [3.8, 4) is 11.5 Å². The number of carbonyl (C=O) groups is 4. The molecule has 18 heteroatoms. The van der Waals surface area contributed by atoms with Gasteiger partial charge in [0.05, 0.1) is 42.8 Å². The Morgan fingerprint density at radius 2 is 1.52 bits per heavy atom. The van der Waals surface area contributed by atoms with Gasteiger partial charge in [-0.1, -0.05) is 30.3 Å². The summed E-state index contributed by atoms with van der Waals surface area (Å²) >= 11 is 2.74. The number of esters is 1. The molecule has 2 aromatic carbocycles. The molecule has 0 unspecified atom stereocenters. The topological polar surface area (TPSA) is 224 Å². The van der Waals surface area contributed by atoms with Crippen LogP contribution in [0.25, 0.3) is 0 Å². The highest BCUT2D eigenvalue weighted by Crippen LogP contribution is 2.52. The Morgan fingerprint density at radius 1 is 0.950 bits per heavy atom. The minimum absolute atomic E-state index is 0. The maximum Gasteiger partial charge on any atom is 0.349 e. The zero-order valence-corrected chi connectivity index (χ0v) is 36.6. The van der Waals surface area contributed by atoms with Gasteiger partial charge in [0.15, 0.2) is 0 Å². The number of aromatic hydroxyl groups is 1. The summed E-state index contributed by atoms with van der Waals surface area (Å²) in [6, 6.07) is 20.7. The lowest BCUT2D eigenvalue weighted by atomic mass is 9.95. The number of aliphatic hydroxyl groups excluding tert-OH is 1. The molecule has 4 aromatic rings. The second-order valence-corrected chi connectivity index (χ2v) is 16.8. The molecule has 0 radical (unpaired) electrons. The Bertz CT molecular complexity index is 1990. The number of thiophene rings is 2.